The van der Waals surface area contributed by atoms with Gasteiger partial charge in [0.15, 0.2) is 0 Å². The van der Waals surface area contributed by atoms with Crippen molar-refractivity contribution in [3.8, 4) is 5.75 Å². The fourth-order valence-corrected chi connectivity index (χ4v) is 2.30. The molecular formula is C19H26ClNO3. The van der Waals surface area contributed by atoms with Gasteiger partial charge in [-0.1, -0.05) is 42.5 Å². The Balaban J connectivity index is 0.00000288. The molecule has 0 saturated heterocycles. The Bertz CT molecular complexity index is 561. The van der Waals surface area contributed by atoms with Gasteiger partial charge in [-0.25, -0.2) is 0 Å². The van der Waals surface area contributed by atoms with E-state index in [1.807, 2.05) is 68.7 Å². The number of aliphatic hydroxyl groups excluding tert-OH is 1. The predicted molar refractivity (Wildman–Crippen MR) is 98.8 cm³/mol. The molecule has 0 aromatic heterocycles. The average Bonchev–Trinajstić information content (AvgIpc) is 2.58. The van der Waals surface area contributed by atoms with E-state index in [1.165, 1.54) is 0 Å². The second-order valence-electron chi connectivity index (χ2n) is 5.69. The Morgan fingerprint density at radius 1 is 1.00 bits per heavy atom. The molecule has 0 aliphatic carbocycles. The Kier molecular flexibility index (Phi) is 9.42. The molecule has 0 spiro atoms. The number of likely N-dealkylation sites (N-methyl/N-ethyl adjacent to an activating group) is 1. The van der Waals surface area contributed by atoms with E-state index >= 15 is 0 Å². The highest BCUT2D eigenvalue weighted by atomic mass is 35.5. The summed E-state index contributed by atoms with van der Waals surface area (Å²) in [6.07, 6.45) is -0.0553. The summed E-state index contributed by atoms with van der Waals surface area (Å²) in [6.45, 7) is 1.69. The molecule has 1 N–H and O–H groups in total. The van der Waals surface area contributed by atoms with E-state index in [9.17, 15) is 0 Å². The van der Waals surface area contributed by atoms with Gasteiger partial charge in [0, 0.05) is 6.54 Å². The van der Waals surface area contributed by atoms with Crippen molar-refractivity contribution in [1.29, 1.82) is 0 Å². The van der Waals surface area contributed by atoms with Crippen molar-refractivity contribution in [2.45, 2.75) is 12.7 Å². The summed E-state index contributed by atoms with van der Waals surface area (Å²) >= 11 is 0. The van der Waals surface area contributed by atoms with Gasteiger partial charge >= 0.3 is 0 Å². The maximum Gasteiger partial charge on any atom is 0.119 e. The number of nitrogens with zero attached hydrogens (tertiary/aromatic N) is 1. The van der Waals surface area contributed by atoms with Crippen LogP contribution in [0.1, 0.15) is 17.2 Å². The van der Waals surface area contributed by atoms with E-state index in [4.69, 9.17) is 14.6 Å². The number of benzene rings is 2. The van der Waals surface area contributed by atoms with E-state index < -0.39 is 0 Å². The minimum absolute atomic E-state index is 0. The summed E-state index contributed by atoms with van der Waals surface area (Å²) in [7, 11) is 4.01. The monoisotopic (exact) mass is 351 g/mol. The number of aliphatic hydroxyl groups is 1. The number of hydrogen-bond acceptors (Lipinski definition) is 4. The molecule has 24 heavy (non-hydrogen) atoms. The molecule has 0 radical (unpaired) electrons. The average molecular weight is 352 g/mol. The number of rotatable bonds is 9. The zero-order valence-corrected chi connectivity index (χ0v) is 15.0. The molecule has 0 aliphatic rings. The van der Waals surface area contributed by atoms with Crippen molar-refractivity contribution in [2.24, 2.45) is 0 Å². The molecule has 0 heterocycles. The Labute approximate surface area is 150 Å². The third kappa shape index (κ3) is 6.89. The molecule has 1 unspecified atom stereocenters. The Morgan fingerprint density at radius 2 is 1.67 bits per heavy atom. The summed E-state index contributed by atoms with van der Waals surface area (Å²) in [4.78, 5) is 2.07. The highest BCUT2D eigenvalue weighted by molar-refractivity contribution is 5.85. The quantitative estimate of drug-likeness (QED) is 0.752. The van der Waals surface area contributed by atoms with Crippen molar-refractivity contribution >= 4 is 12.4 Å². The lowest BCUT2D eigenvalue weighted by atomic mass is 10.1. The van der Waals surface area contributed by atoms with Crippen LogP contribution in [0.3, 0.4) is 0 Å². The van der Waals surface area contributed by atoms with Crippen LogP contribution >= 0.6 is 12.4 Å². The van der Waals surface area contributed by atoms with Crippen molar-refractivity contribution < 1.29 is 14.6 Å². The summed E-state index contributed by atoms with van der Waals surface area (Å²) in [5, 5.41) is 8.96. The summed E-state index contributed by atoms with van der Waals surface area (Å²) in [5.41, 5.74) is 2.23. The first kappa shape index (κ1) is 20.5. The molecule has 0 fully saturated rings. The van der Waals surface area contributed by atoms with Crippen molar-refractivity contribution in [2.75, 3.05) is 33.9 Å². The molecule has 1 atom stereocenters. The second kappa shape index (κ2) is 11.0. The van der Waals surface area contributed by atoms with Gasteiger partial charge in [0.1, 0.15) is 12.4 Å². The summed E-state index contributed by atoms with van der Waals surface area (Å²) < 4.78 is 11.5. The van der Waals surface area contributed by atoms with Crippen molar-refractivity contribution in [1.82, 2.24) is 4.90 Å². The highest BCUT2D eigenvalue weighted by Crippen LogP contribution is 2.22. The van der Waals surface area contributed by atoms with Gasteiger partial charge < -0.3 is 19.5 Å². The maximum absolute atomic E-state index is 8.96. The molecule has 0 saturated carbocycles. The fourth-order valence-electron chi connectivity index (χ4n) is 2.30. The van der Waals surface area contributed by atoms with Crippen LogP contribution in [0.5, 0.6) is 5.75 Å². The smallest absolute Gasteiger partial charge is 0.119 e. The van der Waals surface area contributed by atoms with Crippen LogP contribution in [0.4, 0.5) is 0 Å². The molecule has 0 aliphatic heterocycles. The Hall–Kier alpha value is -1.59. The van der Waals surface area contributed by atoms with E-state index in [-0.39, 0.29) is 25.1 Å². The van der Waals surface area contributed by atoms with Crippen LogP contribution in [0.15, 0.2) is 54.6 Å². The standard InChI is InChI=1S/C19H25NO3.ClH/c1-20(2)14-19(22-13-12-21)17-8-10-18(11-9-17)23-15-16-6-4-3-5-7-16;/h3-11,19,21H,12-15H2,1-2H3;1H. The normalized spacial score (nSPS) is 11.8. The molecule has 2 rings (SSSR count). The second-order valence-corrected chi connectivity index (χ2v) is 5.69. The first-order valence-electron chi connectivity index (χ1n) is 7.83. The first-order chi connectivity index (χ1) is 11.2. The molecule has 2 aromatic rings. The van der Waals surface area contributed by atoms with Gasteiger partial charge in [0.2, 0.25) is 0 Å². The molecule has 5 heteroatoms. The van der Waals surface area contributed by atoms with Crippen molar-refractivity contribution in [3.05, 3.63) is 65.7 Å². The van der Waals surface area contributed by atoms with E-state index in [0.29, 0.717) is 13.2 Å². The zero-order chi connectivity index (χ0) is 16.5. The van der Waals surface area contributed by atoms with Crippen LogP contribution in [-0.2, 0) is 11.3 Å². The number of ether oxygens (including phenoxy) is 2. The van der Waals surface area contributed by atoms with Gasteiger partial charge in [0.25, 0.3) is 0 Å². The first-order valence-corrected chi connectivity index (χ1v) is 7.83. The Morgan fingerprint density at radius 3 is 2.25 bits per heavy atom. The fraction of sp³-hybridized carbons (Fsp3) is 0.368. The maximum atomic E-state index is 8.96. The van der Waals surface area contributed by atoms with Crippen LogP contribution in [0.25, 0.3) is 0 Å². The van der Waals surface area contributed by atoms with Gasteiger partial charge in [0.05, 0.1) is 19.3 Å². The van der Waals surface area contributed by atoms with E-state index in [2.05, 4.69) is 4.90 Å². The van der Waals surface area contributed by atoms with Crippen LogP contribution in [-0.4, -0.2) is 43.9 Å². The minimum Gasteiger partial charge on any atom is -0.489 e. The minimum atomic E-state index is -0.0553. The number of hydrogen-bond donors (Lipinski definition) is 1. The van der Waals surface area contributed by atoms with E-state index in [1.54, 1.807) is 0 Å². The van der Waals surface area contributed by atoms with Gasteiger partial charge in [-0.2, -0.15) is 0 Å². The summed E-state index contributed by atoms with van der Waals surface area (Å²) in [6, 6.07) is 18.1. The zero-order valence-electron chi connectivity index (χ0n) is 14.2. The molecular weight excluding hydrogens is 326 g/mol. The third-order valence-electron chi connectivity index (χ3n) is 3.44. The van der Waals surface area contributed by atoms with E-state index in [0.717, 1.165) is 23.4 Å². The lowest BCUT2D eigenvalue weighted by Gasteiger charge is -2.22. The van der Waals surface area contributed by atoms with Gasteiger partial charge in [-0.3, -0.25) is 0 Å². The predicted octanol–water partition coefficient (Wildman–Crippen LogP) is 3.30. The van der Waals surface area contributed by atoms with Gasteiger partial charge in [-0.05, 0) is 37.4 Å². The molecule has 2 aromatic carbocycles. The topological polar surface area (TPSA) is 41.9 Å². The van der Waals surface area contributed by atoms with Crippen molar-refractivity contribution in [3.63, 3.8) is 0 Å². The lowest BCUT2D eigenvalue weighted by molar-refractivity contribution is 0.0141. The SMILES string of the molecule is CN(C)CC(OCCO)c1ccc(OCc2ccccc2)cc1.Cl. The molecule has 4 nitrogen and oxygen atoms in total. The van der Waals surface area contributed by atoms with Crippen LogP contribution in [0, 0.1) is 0 Å². The number of halogens is 1. The highest BCUT2D eigenvalue weighted by Gasteiger charge is 2.13. The molecule has 132 valence electrons. The van der Waals surface area contributed by atoms with Crippen LogP contribution in [0.2, 0.25) is 0 Å². The third-order valence-corrected chi connectivity index (χ3v) is 3.44. The summed E-state index contributed by atoms with van der Waals surface area (Å²) in [5.74, 6) is 0.836. The molecule has 0 amide bonds. The van der Waals surface area contributed by atoms with Crippen LogP contribution < -0.4 is 4.74 Å². The largest absolute Gasteiger partial charge is 0.489 e. The molecule has 0 bridgehead atoms. The lowest BCUT2D eigenvalue weighted by Crippen LogP contribution is -2.23. The van der Waals surface area contributed by atoms with Gasteiger partial charge in [-0.15, -0.1) is 12.4 Å².